The van der Waals surface area contributed by atoms with Gasteiger partial charge in [0.15, 0.2) is 9.84 Å². The van der Waals surface area contributed by atoms with Crippen molar-refractivity contribution in [2.45, 2.75) is 31.1 Å². The van der Waals surface area contributed by atoms with Gasteiger partial charge in [0.2, 0.25) is 0 Å². The molecule has 0 aliphatic carbocycles. The summed E-state index contributed by atoms with van der Waals surface area (Å²) in [6, 6.07) is 5.03. The Labute approximate surface area is 97.0 Å². The molecule has 0 amide bonds. The molecule has 0 fully saturated rings. The molecule has 1 N–H and O–H groups in total. The molecule has 0 unspecified atom stereocenters. The van der Waals surface area contributed by atoms with Gasteiger partial charge in [0, 0.05) is 11.7 Å². The Bertz CT molecular complexity index is 487. The largest absolute Gasteiger partial charge is 0.395 e. The van der Waals surface area contributed by atoms with Crippen molar-refractivity contribution in [1.82, 2.24) is 0 Å². The van der Waals surface area contributed by atoms with Gasteiger partial charge in [0.1, 0.15) is 0 Å². The van der Waals surface area contributed by atoms with Gasteiger partial charge in [-0.25, -0.2) is 8.42 Å². The van der Waals surface area contributed by atoms with Gasteiger partial charge in [-0.1, -0.05) is 19.9 Å². The number of aryl methyl sites for hydroxylation is 1. The Morgan fingerprint density at radius 3 is 2.31 bits per heavy atom. The number of aliphatic hydroxyl groups excluding tert-OH is 1. The Morgan fingerprint density at radius 2 is 1.88 bits per heavy atom. The first-order valence-electron chi connectivity index (χ1n) is 5.10. The first kappa shape index (κ1) is 13.2. The van der Waals surface area contributed by atoms with Crippen LogP contribution in [0.4, 0.5) is 0 Å². The van der Waals surface area contributed by atoms with Crippen molar-refractivity contribution in [2.75, 3.05) is 12.9 Å². The average molecular weight is 242 g/mol. The lowest BCUT2D eigenvalue weighted by atomic mass is 9.83. The van der Waals surface area contributed by atoms with Crippen LogP contribution in [0.3, 0.4) is 0 Å². The van der Waals surface area contributed by atoms with E-state index in [4.69, 9.17) is 0 Å². The number of sulfone groups is 1. The summed E-state index contributed by atoms with van der Waals surface area (Å²) >= 11 is 0. The molecule has 4 heteroatoms. The number of hydrogen-bond donors (Lipinski definition) is 1. The van der Waals surface area contributed by atoms with Crippen LogP contribution < -0.4 is 0 Å². The molecule has 0 atom stereocenters. The zero-order valence-electron chi connectivity index (χ0n) is 10.1. The highest BCUT2D eigenvalue weighted by molar-refractivity contribution is 7.90. The van der Waals surface area contributed by atoms with Gasteiger partial charge in [-0.15, -0.1) is 0 Å². The summed E-state index contributed by atoms with van der Waals surface area (Å²) in [5.41, 5.74) is 1.44. The van der Waals surface area contributed by atoms with Crippen molar-refractivity contribution in [3.8, 4) is 0 Å². The van der Waals surface area contributed by atoms with E-state index >= 15 is 0 Å². The minimum Gasteiger partial charge on any atom is -0.395 e. The minimum atomic E-state index is -3.19. The summed E-state index contributed by atoms with van der Waals surface area (Å²) in [6.07, 6.45) is 1.19. The number of aliphatic hydroxyl groups is 1. The molecule has 1 aromatic rings. The fourth-order valence-electron chi connectivity index (χ4n) is 1.65. The van der Waals surface area contributed by atoms with Gasteiger partial charge >= 0.3 is 0 Å². The van der Waals surface area contributed by atoms with Crippen LogP contribution in [0.2, 0.25) is 0 Å². The van der Waals surface area contributed by atoms with Crippen LogP contribution in [-0.4, -0.2) is 26.4 Å². The van der Waals surface area contributed by atoms with Crippen molar-refractivity contribution in [1.29, 1.82) is 0 Å². The summed E-state index contributed by atoms with van der Waals surface area (Å²) in [6.45, 7) is 5.68. The van der Waals surface area contributed by atoms with E-state index in [1.807, 2.05) is 20.8 Å². The molecule has 0 spiro atoms. The molecule has 0 saturated carbocycles. The zero-order valence-corrected chi connectivity index (χ0v) is 10.9. The third-order valence-corrected chi connectivity index (χ3v) is 3.87. The Morgan fingerprint density at radius 1 is 1.31 bits per heavy atom. The average Bonchev–Trinajstić information content (AvgIpc) is 2.16. The lowest BCUT2D eigenvalue weighted by Gasteiger charge is -2.25. The second-order valence-corrected chi connectivity index (χ2v) is 6.81. The van der Waals surface area contributed by atoms with Crippen LogP contribution in [0.5, 0.6) is 0 Å². The monoisotopic (exact) mass is 242 g/mol. The third kappa shape index (κ3) is 2.62. The smallest absolute Gasteiger partial charge is 0.175 e. The third-order valence-electron chi connectivity index (χ3n) is 2.76. The van der Waals surface area contributed by atoms with Crippen LogP contribution in [-0.2, 0) is 15.3 Å². The molecule has 1 aromatic carbocycles. The van der Waals surface area contributed by atoms with Crippen LogP contribution >= 0.6 is 0 Å². The molecule has 3 nitrogen and oxygen atoms in total. The molecule has 0 aliphatic rings. The maximum absolute atomic E-state index is 11.4. The Kier molecular flexibility index (Phi) is 3.45. The maximum atomic E-state index is 11.4. The molecular weight excluding hydrogens is 224 g/mol. The predicted molar refractivity (Wildman–Crippen MR) is 64.4 cm³/mol. The van der Waals surface area contributed by atoms with Crippen molar-refractivity contribution in [3.63, 3.8) is 0 Å². The molecule has 0 heterocycles. The second-order valence-electron chi connectivity index (χ2n) is 4.79. The molecule has 90 valence electrons. The standard InChI is InChI=1S/C12H18O3S/c1-9-5-6-10(16(4,14)15)7-11(9)12(2,3)8-13/h5-7,13H,8H2,1-4H3. The van der Waals surface area contributed by atoms with Gasteiger partial charge in [-0.3, -0.25) is 0 Å². The highest BCUT2D eigenvalue weighted by atomic mass is 32.2. The molecule has 16 heavy (non-hydrogen) atoms. The van der Waals surface area contributed by atoms with Crippen molar-refractivity contribution in [3.05, 3.63) is 29.3 Å². The molecule has 0 aromatic heterocycles. The highest BCUT2D eigenvalue weighted by Crippen LogP contribution is 2.28. The van der Waals surface area contributed by atoms with E-state index in [2.05, 4.69) is 0 Å². The molecule has 0 radical (unpaired) electrons. The second kappa shape index (κ2) is 4.18. The van der Waals surface area contributed by atoms with E-state index in [1.54, 1.807) is 18.2 Å². The fourth-order valence-corrected chi connectivity index (χ4v) is 2.29. The van der Waals surface area contributed by atoms with Crippen molar-refractivity contribution in [2.24, 2.45) is 0 Å². The van der Waals surface area contributed by atoms with E-state index in [1.165, 1.54) is 6.26 Å². The Balaban J connectivity index is 3.42. The minimum absolute atomic E-state index is 0.0128. The maximum Gasteiger partial charge on any atom is 0.175 e. The van der Waals surface area contributed by atoms with E-state index in [0.29, 0.717) is 4.90 Å². The van der Waals surface area contributed by atoms with Crippen molar-refractivity contribution >= 4 is 9.84 Å². The topological polar surface area (TPSA) is 54.4 Å². The summed E-state index contributed by atoms with van der Waals surface area (Å²) in [7, 11) is -3.19. The molecular formula is C12H18O3S. The first-order chi connectivity index (χ1) is 7.18. The van der Waals surface area contributed by atoms with E-state index < -0.39 is 15.3 Å². The number of rotatable bonds is 3. The molecule has 0 aliphatic heterocycles. The summed E-state index contributed by atoms with van der Waals surface area (Å²) in [5.74, 6) is 0. The lowest BCUT2D eigenvalue weighted by Crippen LogP contribution is -2.23. The molecule has 1 rings (SSSR count). The van der Waals surface area contributed by atoms with Gasteiger partial charge in [0.25, 0.3) is 0 Å². The fraction of sp³-hybridized carbons (Fsp3) is 0.500. The first-order valence-corrected chi connectivity index (χ1v) is 6.99. The van der Waals surface area contributed by atoms with Crippen molar-refractivity contribution < 1.29 is 13.5 Å². The van der Waals surface area contributed by atoms with Crippen LogP contribution in [0.1, 0.15) is 25.0 Å². The lowest BCUT2D eigenvalue weighted by molar-refractivity contribution is 0.218. The quantitative estimate of drug-likeness (QED) is 0.877. The number of benzene rings is 1. The SMILES string of the molecule is Cc1ccc(S(C)(=O)=O)cc1C(C)(C)CO. The summed E-state index contributed by atoms with van der Waals surface area (Å²) in [5, 5.41) is 9.32. The van der Waals surface area contributed by atoms with Gasteiger partial charge in [-0.2, -0.15) is 0 Å². The molecule has 0 saturated heterocycles. The normalized spacial score (nSPS) is 12.8. The van der Waals surface area contributed by atoms with E-state index in [0.717, 1.165) is 11.1 Å². The van der Waals surface area contributed by atoms with Crippen LogP contribution in [0.15, 0.2) is 23.1 Å². The van der Waals surface area contributed by atoms with E-state index in [-0.39, 0.29) is 6.61 Å². The number of hydrogen-bond acceptors (Lipinski definition) is 3. The summed E-state index contributed by atoms with van der Waals surface area (Å²) in [4.78, 5) is 0.301. The highest BCUT2D eigenvalue weighted by Gasteiger charge is 2.23. The predicted octanol–water partition coefficient (Wildman–Crippen LogP) is 1.67. The Hall–Kier alpha value is -0.870. The van der Waals surface area contributed by atoms with Gasteiger partial charge in [0.05, 0.1) is 11.5 Å². The van der Waals surface area contributed by atoms with E-state index in [9.17, 15) is 13.5 Å². The molecule has 0 bridgehead atoms. The zero-order chi connectivity index (χ0) is 12.6. The van der Waals surface area contributed by atoms with Gasteiger partial charge in [-0.05, 0) is 30.2 Å². The van der Waals surface area contributed by atoms with Gasteiger partial charge < -0.3 is 5.11 Å². The van der Waals surface area contributed by atoms with Crippen LogP contribution in [0, 0.1) is 6.92 Å². The van der Waals surface area contributed by atoms with Crippen LogP contribution in [0.25, 0.3) is 0 Å². The summed E-state index contributed by atoms with van der Waals surface area (Å²) < 4.78 is 22.9.